The number of carboxylic acids is 1. The molecule has 78 valence electrons. The number of hydrogen-bond acceptors (Lipinski definition) is 3. The second kappa shape index (κ2) is 4.50. The van der Waals surface area contributed by atoms with Gasteiger partial charge in [-0.15, -0.1) is 0 Å². The number of carbonyl (C=O) groups excluding carboxylic acids is 2. The fourth-order valence-corrected chi connectivity index (χ4v) is 1.16. The standard InChI is InChI=1S/C11H10O4/c1-7(10(13)11(14)15)9(12)8-5-3-2-4-6-8/h2-7H,1H3,(H,14,15). The van der Waals surface area contributed by atoms with E-state index in [4.69, 9.17) is 5.11 Å². The summed E-state index contributed by atoms with van der Waals surface area (Å²) in [7, 11) is 0. The molecule has 15 heavy (non-hydrogen) atoms. The predicted octanol–water partition coefficient (Wildman–Crippen LogP) is 1.16. The highest BCUT2D eigenvalue weighted by molar-refractivity contribution is 6.38. The largest absolute Gasteiger partial charge is 0.475 e. The van der Waals surface area contributed by atoms with Crippen LogP contribution in [0.5, 0.6) is 0 Å². The van der Waals surface area contributed by atoms with Crippen molar-refractivity contribution in [1.82, 2.24) is 0 Å². The highest BCUT2D eigenvalue weighted by atomic mass is 16.4. The molecule has 1 atom stereocenters. The smallest absolute Gasteiger partial charge is 0.372 e. The molecule has 0 aliphatic carbocycles. The van der Waals surface area contributed by atoms with Crippen LogP contribution in [-0.4, -0.2) is 22.6 Å². The van der Waals surface area contributed by atoms with Gasteiger partial charge in [0.2, 0.25) is 5.78 Å². The molecular weight excluding hydrogens is 196 g/mol. The third-order valence-corrected chi connectivity index (χ3v) is 2.06. The molecule has 0 saturated carbocycles. The van der Waals surface area contributed by atoms with Crippen molar-refractivity contribution < 1.29 is 19.5 Å². The van der Waals surface area contributed by atoms with Crippen LogP contribution in [0.15, 0.2) is 30.3 Å². The van der Waals surface area contributed by atoms with Gasteiger partial charge in [-0.1, -0.05) is 30.3 Å². The van der Waals surface area contributed by atoms with Crippen LogP contribution in [0.3, 0.4) is 0 Å². The molecule has 0 aliphatic rings. The fourth-order valence-electron chi connectivity index (χ4n) is 1.16. The van der Waals surface area contributed by atoms with Crippen molar-refractivity contribution in [3.05, 3.63) is 35.9 Å². The molecule has 1 rings (SSSR count). The Morgan fingerprint density at radius 3 is 2.13 bits per heavy atom. The van der Waals surface area contributed by atoms with Gasteiger partial charge in [0, 0.05) is 5.56 Å². The topological polar surface area (TPSA) is 71.4 Å². The number of rotatable bonds is 4. The molecule has 0 amide bonds. The van der Waals surface area contributed by atoms with Gasteiger partial charge in [-0.2, -0.15) is 0 Å². The second-order valence-corrected chi connectivity index (χ2v) is 3.12. The molecule has 0 bridgehead atoms. The van der Waals surface area contributed by atoms with Crippen LogP contribution in [-0.2, 0) is 9.59 Å². The normalized spacial score (nSPS) is 11.8. The van der Waals surface area contributed by atoms with E-state index in [1.165, 1.54) is 6.92 Å². The summed E-state index contributed by atoms with van der Waals surface area (Å²) in [5, 5.41) is 8.45. The average molecular weight is 206 g/mol. The molecule has 0 saturated heterocycles. The summed E-state index contributed by atoms with van der Waals surface area (Å²) in [6.07, 6.45) is 0. The second-order valence-electron chi connectivity index (χ2n) is 3.12. The first-order chi connectivity index (χ1) is 7.04. The molecule has 0 radical (unpaired) electrons. The fraction of sp³-hybridized carbons (Fsp3) is 0.182. The molecule has 0 aliphatic heterocycles. The molecule has 0 fully saturated rings. The van der Waals surface area contributed by atoms with Crippen molar-refractivity contribution in [2.24, 2.45) is 5.92 Å². The summed E-state index contributed by atoms with van der Waals surface area (Å²) >= 11 is 0. The van der Waals surface area contributed by atoms with Gasteiger partial charge in [0.05, 0.1) is 5.92 Å². The average Bonchev–Trinajstić information content (AvgIpc) is 2.27. The Hall–Kier alpha value is -1.97. The zero-order valence-corrected chi connectivity index (χ0v) is 8.14. The van der Waals surface area contributed by atoms with E-state index in [0.717, 1.165) is 0 Å². The number of benzene rings is 1. The molecule has 4 nitrogen and oxygen atoms in total. The summed E-state index contributed by atoms with van der Waals surface area (Å²) in [6, 6.07) is 8.15. The quantitative estimate of drug-likeness (QED) is 0.456. The highest BCUT2D eigenvalue weighted by Gasteiger charge is 2.27. The molecule has 1 aromatic rings. The van der Waals surface area contributed by atoms with Crippen molar-refractivity contribution >= 4 is 17.5 Å². The SMILES string of the molecule is CC(C(=O)C(=O)O)C(=O)c1ccccc1. The third kappa shape index (κ3) is 2.49. The Balaban J connectivity index is 2.87. The van der Waals surface area contributed by atoms with Crippen molar-refractivity contribution in [3.63, 3.8) is 0 Å². The molecule has 1 unspecified atom stereocenters. The van der Waals surface area contributed by atoms with Crippen LogP contribution in [0.25, 0.3) is 0 Å². The van der Waals surface area contributed by atoms with Crippen LogP contribution >= 0.6 is 0 Å². The summed E-state index contributed by atoms with van der Waals surface area (Å²) in [5.74, 6) is -4.26. The first-order valence-electron chi connectivity index (χ1n) is 4.40. The summed E-state index contributed by atoms with van der Waals surface area (Å²) in [6.45, 7) is 1.30. The van der Waals surface area contributed by atoms with E-state index in [1.807, 2.05) is 0 Å². The van der Waals surface area contributed by atoms with Gasteiger partial charge in [0.1, 0.15) is 0 Å². The van der Waals surface area contributed by atoms with E-state index in [-0.39, 0.29) is 0 Å². The lowest BCUT2D eigenvalue weighted by atomic mass is 9.95. The van der Waals surface area contributed by atoms with Crippen LogP contribution in [0, 0.1) is 5.92 Å². The van der Waals surface area contributed by atoms with Gasteiger partial charge in [-0.3, -0.25) is 9.59 Å². The third-order valence-electron chi connectivity index (χ3n) is 2.06. The number of carboxylic acid groups (broad SMARTS) is 1. The first-order valence-corrected chi connectivity index (χ1v) is 4.40. The van der Waals surface area contributed by atoms with Crippen LogP contribution in [0.4, 0.5) is 0 Å². The van der Waals surface area contributed by atoms with E-state index in [2.05, 4.69) is 0 Å². The maximum absolute atomic E-state index is 11.6. The molecule has 1 N–H and O–H groups in total. The number of hydrogen-bond donors (Lipinski definition) is 1. The lowest BCUT2D eigenvalue weighted by molar-refractivity contribution is -0.150. The van der Waals surface area contributed by atoms with E-state index >= 15 is 0 Å². The minimum absolute atomic E-state index is 0.347. The minimum Gasteiger partial charge on any atom is -0.475 e. The summed E-state index contributed by atoms with van der Waals surface area (Å²) in [5.41, 5.74) is 0.347. The molecule has 0 aromatic heterocycles. The Kier molecular flexibility index (Phi) is 3.33. The number of carbonyl (C=O) groups is 3. The van der Waals surface area contributed by atoms with Crippen molar-refractivity contribution in [3.8, 4) is 0 Å². The Morgan fingerprint density at radius 2 is 1.67 bits per heavy atom. The van der Waals surface area contributed by atoms with E-state index in [1.54, 1.807) is 30.3 Å². The van der Waals surface area contributed by atoms with Crippen LogP contribution in [0.1, 0.15) is 17.3 Å². The number of Topliss-reactive ketones (excluding diaryl/α,β-unsaturated/α-hetero) is 2. The van der Waals surface area contributed by atoms with Crippen LogP contribution < -0.4 is 0 Å². The van der Waals surface area contributed by atoms with Gasteiger partial charge in [0.25, 0.3) is 0 Å². The van der Waals surface area contributed by atoms with Crippen LogP contribution in [0.2, 0.25) is 0 Å². The molecular formula is C11H10O4. The van der Waals surface area contributed by atoms with Gasteiger partial charge < -0.3 is 5.11 Å². The number of ketones is 2. The monoisotopic (exact) mass is 206 g/mol. The Labute approximate surface area is 86.5 Å². The van der Waals surface area contributed by atoms with Gasteiger partial charge in [-0.05, 0) is 6.92 Å². The summed E-state index contributed by atoms with van der Waals surface area (Å²) in [4.78, 5) is 33.0. The zero-order chi connectivity index (χ0) is 11.4. The van der Waals surface area contributed by atoms with Gasteiger partial charge in [-0.25, -0.2) is 4.79 Å². The predicted molar refractivity (Wildman–Crippen MR) is 52.6 cm³/mol. The van der Waals surface area contributed by atoms with Crippen molar-refractivity contribution in [2.45, 2.75) is 6.92 Å². The molecule has 0 heterocycles. The van der Waals surface area contributed by atoms with Crippen molar-refractivity contribution in [2.75, 3.05) is 0 Å². The molecule has 0 spiro atoms. The Morgan fingerprint density at radius 1 is 1.13 bits per heavy atom. The van der Waals surface area contributed by atoms with E-state index < -0.39 is 23.5 Å². The minimum atomic E-state index is -1.58. The molecule has 4 heteroatoms. The van der Waals surface area contributed by atoms with Gasteiger partial charge >= 0.3 is 5.97 Å². The lowest BCUT2D eigenvalue weighted by Gasteiger charge is -2.05. The highest BCUT2D eigenvalue weighted by Crippen LogP contribution is 2.09. The Bertz CT molecular complexity index is 394. The van der Waals surface area contributed by atoms with Crippen molar-refractivity contribution in [1.29, 1.82) is 0 Å². The summed E-state index contributed by atoms with van der Waals surface area (Å²) < 4.78 is 0. The maximum Gasteiger partial charge on any atom is 0.372 e. The zero-order valence-electron chi connectivity index (χ0n) is 8.14. The molecule has 1 aromatic carbocycles. The van der Waals surface area contributed by atoms with E-state index in [0.29, 0.717) is 5.56 Å². The lowest BCUT2D eigenvalue weighted by Crippen LogP contribution is -2.27. The van der Waals surface area contributed by atoms with Gasteiger partial charge in [0.15, 0.2) is 5.78 Å². The van der Waals surface area contributed by atoms with E-state index in [9.17, 15) is 14.4 Å². The first kappa shape index (κ1) is 11.1. The maximum atomic E-state index is 11.6. The number of aliphatic carboxylic acids is 1.